The first kappa shape index (κ1) is 14.2. The van der Waals surface area contributed by atoms with Crippen molar-refractivity contribution in [2.75, 3.05) is 0 Å². The van der Waals surface area contributed by atoms with Crippen LogP contribution in [-0.2, 0) is 0 Å². The molecule has 0 bridgehead atoms. The average Bonchev–Trinajstić information content (AvgIpc) is 2.49. The molecule has 9 heteroatoms. The van der Waals surface area contributed by atoms with Gasteiger partial charge in [-0.05, 0) is 18.6 Å². The minimum atomic E-state index is -0.541. The van der Waals surface area contributed by atoms with Crippen LogP contribution in [0.2, 0.25) is 0 Å². The summed E-state index contributed by atoms with van der Waals surface area (Å²) in [7, 11) is 0. The van der Waals surface area contributed by atoms with Crippen LogP contribution in [0.5, 0.6) is 11.6 Å². The Balaban J connectivity index is 2.28. The van der Waals surface area contributed by atoms with Crippen LogP contribution in [0.15, 0.2) is 35.7 Å². The Labute approximate surface area is 118 Å². The van der Waals surface area contributed by atoms with Crippen LogP contribution in [0.3, 0.4) is 0 Å². The average molecular weight is 289 g/mol. The van der Waals surface area contributed by atoms with Gasteiger partial charge >= 0.3 is 5.69 Å². The molecule has 0 atom stereocenters. The number of hydrogen-bond donors (Lipinski definition) is 2. The third-order valence-corrected chi connectivity index (χ3v) is 2.52. The minimum absolute atomic E-state index is 0.0523. The summed E-state index contributed by atoms with van der Waals surface area (Å²) in [6.45, 7) is 1.74. The summed E-state index contributed by atoms with van der Waals surface area (Å²) in [5.41, 5.74) is 6.07. The Morgan fingerprint density at radius 3 is 2.76 bits per heavy atom. The van der Waals surface area contributed by atoms with Crippen LogP contribution in [0.25, 0.3) is 0 Å². The number of amidine groups is 1. The Bertz CT molecular complexity index is 699. The van der Waals surface area contributed by atoms with Gasteiger partial charge in [0, 0.05) is 6.07 Å². The summed E-state index contributed by atoms with van der Waals surface area (Å²) < 4.78 is 5.34. The van der Waals surface area contributed by atoms with Crippen LogP contribution >= 0.6 is 0 Å². The number of nitro groups is 1. The minimum Gasteiger partial charge on any atom is -0.430 e. The highest BCUT2D eigenvalue weighted by atomic mass is 16.6. The normalized spacial score (nSPS) is 11.2. The Kier molecular flexibility index (Phi) is 3.93. The standard InChI is InChI=1S/C12H11N5O4/c1-7-2-3-10(9(4-7)17(19)20)21-11-6-14-8(5-15-11)12(13)16-18/h2-6,18H,1H3,(H2,13,16). The van der Waals surface area contributed by atoms with E-state index in [4.69, 9.17) is 15.7 Å². The van der Waals surface area contributed by atoms with Gasteiger partial charge in [-0.1, -0.05) is 11.2 Å². The molecule has 0 aliphatic rings. The maximum atomic E-state index is 11.0. The van der Waals surface area contributed by atoms with Gasteiger partial charge in [0.15, 0.2) is 5.84 Å². The third-order valence-electron chi connectivity index (χ3n) is 2.52. The van der Waals surface area contributed by atoms with E-state index in [1.165, 1.54) is 24.5 Å². The van der Waals surface area contributed by atoms with E-state index in [9.17, 15) is 10.1 Å². The summed E-state index contributed by atoms with van der Waals surface area (Å²) in [5.74, 6) is -0.0942. The second kappa shape index (κ2) is 5.82. The lowest BCUT2D eigenvalue weighted by molar-refractivity contribution is -0.385. The zero-order valence-corrected chi connectivity index (χ0v) is 10.9. The van der Waals surface area contributed by atoms with Gasteiger partial charge < -0.3 is 15.7 Å². The van der Waals surface area contributed by atoms with E-state index < -0.39 is 4.92 Å². The number of ether oxygens (including phenoxy) is 1. The number of hydrogen-bond acceptors (Lipinski definition) is 7. The molecule has 1 aromatic heterocycles. The third kappa shape index (κ3) is 3.21. The highest BCUT2D eigenvalue weighted by Gasteiger charge is 2.16. The topological polar surface area (TPSA) is 137 Å². The first-order valence-electron chi connectivity index (χ1n) is 5.74. The maximum absolute atomic E-state index is 11.0. The monoisotopic (exact) mass is 289 g/mol. The van der Waals surface area contributed by atoms with Crippen molar-refractivity contribution in [3.05, 3.63) is 52.0 Å². The van der Waals surface area contributed by atoms with E-state index >= 15 is 0 Å². The SMILES string of the molecule is Cc1ccc(Oc2cnc(C(N)=NO)cn2)c([N+](=O)[O-])c1. The molecular formula is C12H11N5O4. The van der Waals surface area contributed by atoms with Gasteiger partial charge in [0.25, 0.3) is 0 Å². The molecule has 1 heterocycles. The molecule has 0 aliphatic heterocycles. The van der Waals surface area contributed by atoms with E-state index in [-0.39, 0.29) is 28.8 Å². The first-order chi connectivity index (χ1) is 10.0. The number of nitrogens with zero attached hydrogens (tertiary/aromatic N) is 4. The fourth-order valence-electron chi connectivity index (χ4n) is 1.52. The molecule has 0 aliphatic carbocycles. The summed E-state index contributed by atoms with van der Waals surface area (Å²) in [4.78, 5) is 18.2. The summed E-state index contributed by atoms with van der Waals surface area (Å²) in [6.07, 6.45) is 2.45. The number of nitro benzene ring substituents is 1. The number of oxime groups is 1. The lowest BCUT2D eigenvalue weighted by atomic mass is 10.2. The van der Waals surface area contributed by atoms with Gasteiger partial charge in [-0.2, -0.15) is 0 Å². The highest BCUT2D eigenvalue weighted by molar-refractivity contribution is 5.94. The van der Waals surface area contributed by atoms with Crippen molar-refractivity contribution in [3.8, 4) is 11.6 Å². The van der Waals surface area contributed by atoms with E-state index in [2.05, 4.69) is 15.1 Å². The van der Waals surface area contributed by atoms with Crippen LogP contribution in [0.4, 0.5) is 5.69 Å². The lowest BCUT2D eigenvalue weighted by Crippen LogP contribution is -2.15. The quantitative estimate of drug-likeness (QED) is 0.286. The van der Waals surface area contributed by atoms with Crippen molar-refractivity contribution >= 4 is 11.5 Å². The smallest absolute Gasteiger partial charge is 0.311 e. The van der Waals surface area contributed by atoms with E-state index in [0.717, 1.165) is 5.56 Å². The van der Waals surface area contributed by atoms with Crippen molar-refractivity contribution in [1.82, 2.24) is 9.97 Å². The molecule has 2 aromatic rings. The first-order valence-corrected chi connectivity index (χ1v) is 5.74. The molecule has 0 amide bonds. The Morgan fingerprint density at radius 1 is 1.43 bits per heavy atom. The van der Waals surface area contributed by atoms with E-state index in [1.807, 2.05) is 0 Å². The summed E-state index contributed by atoms with van der Waals surface area (Å²) in [5, 5.41) is 22.3. The molecule has 0 saturated carbocycles. The molecule has 0 radical (unpaired) electrons. The largest absolute Gasteiger partial charge is 0.430 e. The van der Waals surface area contributed by atoms with Crippen molar-refractivity contribution in [2.24, 2.45) is 10.9 Å². The van der Waals surface area contributed by atoms with Crippen molar-refractivity contribution in [2.45, 2.75) is 6.92 Å². The molecule has 0 fully saturated rings. The lowest BCUT2D eigenvalue weighted by Gasteiger charge is -2.06. The zero-order chi connectivity index (χ0) is 15.4. The molecule has 108 valence electrons. The molecule has 21 heavy (non-hydrogen) atoms. The summed E-state index contributed by atoms with van der Waals surface area (Å²) in [6, 6.07) is 4.56. The van der Waals surface area contributed by atoms with Crippen LogP contribution in [-0.4, -0.2) is 25.9 Å². The molecule has 9 nitrogen and oxygen atoms in total. The number of aryl methyl sites for hydroxylation is 1. The number of aromatic nitrogens is 2. The number of rotatable bonds is 4. The second-order valence-corrected chi connectivity index (χ2v) is 4.06. The zero-order valence-electron chi connectivity index (χ0n) is 10.9. The van der Waals surface area contributed by atoms with Crippen LogP contribution in [0, 0.1) is 17.0 Å². The van der Waals surface area contributed by atoms with Gasteiger partial charge in [0.1, 0.15) is 5.69 Å². The molecule has 3 N–H and O–H groups in total. The molecule has 2 rings (SSSR count). The predicted octanol–water partition coefficient (Wildman–Crippen LogP) is 1.58. The van der Waals surface area contributed by atoms with Crippen LogP contribution < -0.4 is 10.5 Å². The fourth-order valence-corrected chi connectivity index (χ4v) is 1.52. The number of nitrogens with two attached hydrogens (primary N) is 1. The van der Waals surface area contributed by atoms with Crippen molar-refractivity contribution in [1.29, 1.82) is 0 Å². The number of benzene rings is 1. The van der Waals surface area contributed by atoms with Gasteiger partial charge in [0.2, 0.25) is 11.6 Å². The van der Waals surface area contributed by atoms with Crippen LogP contribution in [0.1, 0.15) is 11.3 Å². The molecule has 1 aromatic carbocycles. The molecule has 0 spiro atoms. The van der Waals surface area contributed by atoms with Gasteiger partial charge in [-0.25, -0.2) is 9.97 Å². The van der Waals surface area contributed by atoms with Gasteiger partial charge in [-0.3, -0.25) is 10.1 Å². The van der Waals surface area contributed by atoms with Crippen molar-refractivity contribution < 1.29 is 14.9 Å². The Morgan fingerprint density at radius 2 is 2.19 bits per heavy atom. The van der Waals surface area contributed by atoms with Gasteiger partial charge in [-0.15, -0.1) is 0 Å². The molecular weight excluding hydrogens is 278 g/mol. The second-order valence-electron chi connectivity index (χ2n) is 4.06. The fraction of sp³-hybridized carbons (Fsp3) is 0.0833. The van der Waals surface area contributed by atoms with Crippen molar-refractivity contribution in [3.63, 3.8) is 0 Å². The molecule has 0 saturated heterocycles. The van der Waals surface area contributed by atoms with E-state index in [1.54, 1.807) is 13.0 Å². The summed E-state index contributed by atoms with van der Waals surface area (Å²) >= 11 is 0. The maximum Gasteiger partial charge on any atom is 0.311 e. The van der Waals surface area contributed by atoms with Gasteiger partial charge in [0.05, 0.1) is 17.3 Å². The van der Waals surface area contributed by atoms with E-state index in [0.29, 0.717) is 0 Å². The highest BCUT2D eigenvalue weighted by Crippen LogP contribution is 2.30. The molecule has 0 unspecified atom stereocenters. The predicted molar refractivity (Wildman–Crippen MR) is 72.5 cm³/mol. The Hall–Kier alpha value is -3.23.